The third-order valence-corrected chi connectivity index (χ3v) is 5.09. The fraction of sp³-hybridized carbons (Fsp3) is 0.200. The lowest BCUT2D eigenvalue weighted by Gasteiger charge is -2.05. The number of carbonyl (C=O) groups excluding carboxylic acids is 2. The molecule has 0 unspecified atom stereocenters. The fourth-order valence-corrected chi connectivity index (χ4v) is 3.25. The number of aliphatic carboxylic acids is 1. The van der Waals surface area contributed by atoms with Crippen LogP contribution in [0.4, 0.5) is 11.4 Å². The van der Waals surface area contributed by atoms with Crippen molar-refractivity contribution < 1.29 is 43.0 Å². The van der Waals surface area contributed by atoms with Gasteiger partial charge in [0.2, 0.25) is 5.76 Å². The number of rotatable bonds is 8. The maximum Gasteiger partial charge on any atom is 0.371 e. The molecule has 0 saturated carbocycles. The standard InChI is InChI=1S/C14H13NO4.C10H13NO2.C6H6O3/c1-9-5-6-12(19-9)14(18)15-11-4-2-3-10(7-11)8-13(16)17;1-2-13-10(12)7-8-3-5-9(11)6-4-8;1-4-2-3-5(9-4)6(7)8/h2-7H,8H2,1H3,(H,15,18)(H,16,17);3-6H,2,7,11H2,1H3;2-3H,1H3,(H,7,8). The number of ether oxygens (including phenoxy) is 1. The zero-order valence-corrected chi connectivity index (χ0v) is 22.9. The Kier molecular flexibility index (Phi) is 12.4. The van der Waals surface area contributed by atoms with Crippen molar-refractivity contribution in [3.8, 4) is 0 Å². The Bertz CT molecular complexity index is 1450. The van der Waals surface area contributed by atoms with Crippen LogP contribution in [0.2, 0.25) is 0 Å². The van der Waals surface area contributed by atoms with Gasteiger partial charge in [-0.25, -0.2) is 4.79 Å². The summed E-state index contributed by atoms with van der Waals surface area (Å²) in [6.45, 7) is 5.67. The van der Waals surface area contributed by atoms with Crippen LogP contribution in [0.1, 0.15) is 50.7 Å². The number of nitrogens with two attached hydrogens (primary N) is 1. The number of nitrogen functional groups attached to an aromatic ring is 1. The summed E-state index contributed by atoms with van der Waals surface area (Å²) < 4.78 is 14.8. The molecule has 4 aromatic rings. The van der Waals surface area contributed by atoms with E-state index in [4.69, 9.17) is 29.5 Å². The Balaban J connectivity index is 0.000000232. The summed E-state index contributed by atoms with van der Waals surface area (Å²) in [5, 5.41) is 19.7. The third kappa shape index (κ3) is 11.9. The quantitative estimate of drug-likeness (QED) is 0.165. The molecule has 0 radical (unpaired) electrons. The maximum absolute atomic E-state index is 11.8. The third-order valence-electron chi connectivity index (χ3n) is 5.09. The summed E-state index contributed by atoms with van der Waals surface area (Å²) in [5.74, 6) is -1.01. The van der Waals surface area contributed by atoms with Crippen LogP contribution in [-0.4, -0.2) is 40.6 Å². The monoisotopic (exact) mass is 564 g/mol. The molecule has 0 spiro atoms. The van der Waals surface area contributed by atoms with Crippen LogP contribution in [0.3, 0.4) is 0 Å². The van der Waals surface area contributed by atoms with E-state index in [1.54, 1.807) is 75.4 Å². The van der Waals surface area contributed by atoms with Crippen LogP contribution in [0.15, 0.2) is 81.6 Å². The lowest BCUT2D eigenvalue weighted by Crippen LogP contribution is -2.11. The Morgan fingerprint density at radius 1 is 0.805 bits per heavy atom. The predicted molar refractivity (Wildman–Crippen MR) is 151 cm³/mol. The van der Waals surface area contributed by atoms with Gasteiger partial charge in [0.05, 0.1) is 19.4 Å². The number of carbonyl (C=O) groups is 4. The second-order valence-electron chi connectivity index (χ2n) is 8.57. The molecule has 4 rings (SSSR count). The van der Waals surface area contributed by atoms with Gasteiger partial charge < -0.3 is 34.8 Å². The van der Waals surface area contributed by atoms with Crippen LogP contribution in [0.5, 0.6) is 0 Å². The lowest BCUT2D eigenvalue weighted by molar-refractivity contribution is -0.142. The Labute approximate surface area is 236 Å². The molecule has 0 bridgehead atoms. The van der Waals surface area contributed by atoms with E-state index in [0.717, 1.165) is 5.56 Å². The van der Waals surface area contributed by atoms with E-state index >= 15 is 0 Å². The summed E-state index contributed by atoms with van der Waals surface area (Å²) in [7, 11) is 0. The normalized spacial score (nSPS) is 9.83. The number of aromatic carboxylic acids is 1. The van der Waals surface area contributed by atoms with Crippen LogP contribution in [0, 0.1) is 13.8 Å². The first-order valence-corrected chi connectivity index (χ1v) is 12.4. The summed E-state index contributed by atoms with van der Waals surface area (Å²) in [4.78, 5) is 43.6. The van der Waals surface area contributed by atoms with Gasteiger partial charge >= 0.3 is 17.9 Å². The van der Waals surface area contributed by atoms with Gasteiger partial charge in [-0.2, -0.15) is 0 Å². The molecule has 0 aliphatic rings. The number of furan rings is 2. The highest BCUT2D eigenvalue weighted by atomic mass is 16.5. The van der Waals surface area contributed by atoms with Crippen molar-refractivity contribution in [3.63, 3.8) is 0 Å². The van der Waals surface area contributed by atoms with Crippen molar-refractivity contribution in [2.24, 2.45) is 0 Å². The van der Waals surface area contributed by atoms with E-state index in [1.165, 1.54) is 6.07 Å². The van der Waals surface area contributed by atoms with Gasteiger partial charge in [-0.05, 0) is 80.4 Å². The first kappa shape index (κ1) is 31.9. The number of anilines is 2. The van der Waals surface area contributed by atoms with E-state index in [2.05, 4.69) is 5.32 Å². The second kappa shape index (κ2) is 15.9. The highest BCUT2D eigenvalue weighted by molar-refractivity contribution is 6.02. The average molecular weight is 565 g/mol. The van der Waals surface area contributed by atoms with Gasteiger partial charge in [0.15, 0.2) is 5.76 Å². The van der Waals surface area contributed by atoms with Crippen molar-refractivity contribution in [1.82, 2.24) is 0 Å². The molecule has 0 fully saturated rings. The SMILES string of the molecule is CCOC(=O)Cc1ccc(N)cc1.Cc1ccc(C(=O)Nc2cccc(CC(=O)O)c2)o1.Cc1ccc(C(=O)O)o1. The van der Waals surface area contributed by atoms with E-state index in [1.807, 2.05) is 12.1 Å². The smallest absolute Gasteiger partial charge is 0.371 e. The largest absolute Gasteiger partial charge is 0.481 e. The number of carboxylic acid groups (broad SMARTS) is 2. The van der Waals surface area contributed by atoms with Gasteiger partial charge in [-0.1, -0.05) is 24.3 Å². The number of benzene rings is 2. The number of amides is 1. The fourth-order valence-electron chi connectivity index (χ4n) is 3.25. The number of carboxylic acids is 2. The van der Waals surface area contributed by atoms with Crippen molar-refractivity contribution in [3.05, 3.63) is 107 Å². The van der Waals surface area contributed by atoms with Gasteiger partial charge in [-0.3, -0.25) is 14.4 Å². The molecule has 11 nitrogen and oxygen atoms in total. The minimum atomic E-state index is -1.02. The zero-order valence-electron chi connectivity index (χ0n) is 22.9. The first-order valence-electron chi connectivity index (χ1n) is 12.4. The van der Waals surface area contributed by atoms with E-state index in [9.17, 15) is 19.2 Å². The van der Waals surface area contributed by atoms with Crippen molar-refractivity contribution >= 4 is 35.2 Å². The number of hydrogen-bond acceptors (Lipinski definition) is 8. The molecular formula is C30H32N2O9. The molecule has 0 saturated heterocycles. The summed E-state index contributed by atoms with van der Waals surface area (Å²) >= 11 is 0. The number of nitrogens with one attached hydrogen (secondary N) is 1. The maximum atomic E-state index is 11.8. The molecule has 11 heteroatoms. The molecule has 1 amide bonds. The molecule has 2 aromatic heterocycles. The molecular weight excluding hydrogens is 532 g/mol. The Morgan fingerprint density at radius 3 is 1.90 bits per heavy atom. The molecule has 0 atom stereocenters. The Hall–Kier alpha value is -5.32. The molecule has 2 aromatic carbocycles. The van der Waals surface area contributed by atoms with Crippen LogP contribution in [-0.2, 0) is 27.2 Å². The molecule has 0 aliphatic carbocycles. The Morgan fingerprint density at radius 2 is 1.41 bits per heavy atom. The lowest BCUT2D eigenvalue weighted by atomic mass is 10.1. The molecule has 2 heterocycles. The van der Waals surface area contributed by atoms with Gasteiger partial charge in [0.25, 0.3) is 5.91 Å². The van der Waals surface area contributed by atoms with E-state index < -0.39 is 11.9 Å². The van der Waals surface area contributed by atoms with Crippen molar-refractivity contribution in [2.75, 3.05) is 17.7 Å². The van der Waals surface area contributed by atoms with Gasteiger partial charge in [0.1, 0.15) is 11.5 Å². The van der Waals surface area contributed by atoms with Crippen molar-refractivity contribution in [2.45, 2.75) is 33.6 Å². The van der Waals surface area contributed by atoms with E-state index in [-0.39, 0.29) is 29.8 Å². The van der Waals surface area contributed by atoms with Crippen molar-refractivity contribution in [1.29, 1.82) is 0 Å². The molecule has 5 N–H and O–H groups in total. The highest BCUT2D eigenvalue weighted by Crippen LogP contribution is 2.14. The minimum Gasteiger partial charge on any atom is -0.481 e. The van der Waals surface area contributed by atoms with Crippen LogP contribution in [0.25, 0.3) is 0 Å². The number of aryl methyl sites for hydroxylation is 2. The van der Waals surface area contributed by atoms with Gasteiger partial charge in [0, 0.05) is 11.4 Å². The average Bonchev–Trinajstić information content (AvgIpc) is 3.55. The minimum absolute atomic E-state index is 0.00694. The number of esters is 1. The summed E-state index contributed by atoms with van der Waals surface area (Å²) in [6.07, 6.45) is 0.234. The zero-order chi connectivity index (χ0) is 30.4. The second-order valence-corrected chi connectivity index (χ2v) is 8.57. The highest BCUT2D eigenvalue weighted by Gasteiger charge is 2.11. The van der Waals surface area contributed by atoms with Crippen LogP contribution < -0.4 is 11.1 Å². The topological polar surface area (TPSA) is 182 Å². The number of hydrogen-bond donors (Lipinski definition) is 4. The first-order chi connectivity index (χ1) is 19.5. The van der Waals surface area contributed by atoms with E-state index in [0.29, 0.717) is 41.5 Å². The molecule has 41 heavy (non-hydrogen) atoms. The molecule has 216 valence electrons. The predicted octanol–water partition coefficient (Wildman–Crippen LogP) is 5.13. The summed E-state index contributed by atoms with van der Waals surface area (Å²) in [5.41, 5.74) is 8.29. The van der Waals surface area contributed by atoms with Gasteiger partial charge in [-0.15, -0.1) is 0 Å². The summed E-state index contributed by atoms with van der Waals surface area (Å²) in [6, 6.07) is 20.2. The van der Waals surface area contributed by atoms with Crippen LogP contribution >= 0.6 is 0 Å². The molecule has 0 aliphatic heterocycles.